The highest BCUT2D eigenvalue weighted by Gasteiger charge is 2.41. The first-order chi connectivity index (χ1) is 14.2. The standard InChI is InChI=1S/C20H23N7O2/c1-3-14-19(28)25(2)15-12-23-20(24-16(15)27(14)13-6-4-5-7-13)26-10-8-21-17(26)18-22-9-11-29-18/h8-14H,3-7H2,1-2H3. The van der Waals surface area contributed by atoms with Gasteiger partial charge in [0.05, 0.1) is 12.4 Å². The number of hydrogen-bond acceptors (Lipinski definition) is 7. The minimum Gasteiger partial charge on any atom is -0.442 e. The zero-order valence-electron chi connectivity index (χ0n) is 16.5. The number of anilines is 2. The fourth-order valence-electron chi connectivity index (χ4n) is 4.45. The summed E-state index contributed by atoms with van der Waals surface area (Å²) in [6, 6.07) is 0.125. The number of imidazole rings is 1. The Balaban J connectivity index is 1.64. The maximum Gasteiger partial charge on any atom is 0.263 e. The maximum atomic E-state index is 13.0. The molecule has 9 heteroatoms. The van der Waals surface area contributed by atoms with Gasteiger partial charge in [0.2, 0.25) is 17.7 Å². The molecule has 1 aliphatic carbocycles. The van der Waals surface area contributed by atoms with Gasteiger partial charge in [-0.05, 0) is 19.3 Å². The molecular weight excluding hydrogens is 370 g/mol. The van der Waals surface area contributed by atoms with Crippen LogP contribution in [0.2, 0.25) is 0 Å². The minimum atomic E-state index is -0.202. The van der Waals surface area contributed by atoms with E-state index in [4.69, 9.17) is 9.40 Å². The molecule has 0 radical (unpaired) electrons. The lowest BCUT2D eigenvalue weighted by molar-refractivity contribution is -0.120. The number of fused-ring (bicyclic) bond motifs is 1. The van der Waals surface area contributed by atoms with E-state index in [-0.39, 0.29) is 11.9 Å². The molecule has 3 aromatic rings. The molecule has 9 nitrogen and oxygen atoms in total. The number of hydrogen-bond donors (Lipinski definition) is 0. The monoisotopic (exact) mass is 393 g/mol. The first-order valence-electron chi connectivity index (χ1n) is 10.1. The zero-order valence-corrected chi connectivity index (χ0v) is 16.5. The van der Waals surface area contributed by atoms with Gasteiger partial charge < -0.3 is 14.2 Å². The van der Waals surface area contributed by atoms with Gasteiger partial charge in [-0.15, -0.1) is 0 Å². The van der Waals surface area contributed by atoms with Crippen LogP contribution in [0.4, 0.5) is 11.5 Å². The second-order valence-electron chi connectivity index (χ2n) is 7.50. The number of rotatable bonds is 4. The van der Waals surface area contributed by atoms with Crippen LogP contribution in [-0.4, -0.2) is 49.5 Å². The molecule has 0 saturated heterocycles. The van der Waals surface area contributed by atoms with Crippen LogP contribution in [0.15, 0.2) is 35.5 Å². The van der Waals surface area contributed by atoms with Crippen molar-refractivity contribution in [3.8, 4) is 17.7 Å². The first kappa shape index (κ1) is 17.8. The van der Waals surface area contributed by atoms with E-state index in [1.165, 1.54) is 19.1 Å². The van der Waals surface area contributed by atoms with Crippen LogP contribution in [0.5, 0.6) is 0 Å². The number of oxazole rings is 1. The Morgan fingerprint density at radius 3 is 2.72 bits per heavy atom. The number of likely N-dealkylation sites (N-methyl/N-ethyl adjacent to an activating group) is 1. The van der Waals surface area contributed by atoms with Crippen molar-refractivity contribution >= 4 is 17.4 Å². The lowest BCUT2D eigenvalue weighted by atomic mass is 10.0. The molecule has 150 valence electrons. The summed E-state index contributed by atoms with van der Waals surface area (Å²) < 4.78 is 7.17. The summed E-state index contributed by atoms with van der Waals surface area (Å²) >= 11 is 0. The second-order valence-corrected chi connectivity index (χ2v) is 7.50. The summed E-state index contributed by atoms with van der Waals surface area (Å²) in [5.74, 6) is 2.33. The van der Waals surface area contributed by atoms with E-state index in [9.17, 15) is 4.79 Å². The third-order valence-electron chi connectivity index (χ3n) is 5.88. The molecule has 4 heterocycles. The topological polar surface area (TPSA) is 93.2 Å². The van der Waals surface area contributed by atoms with Gasteiger partial charge in [0.15, 0.2) is 5.82 Å². The predicted octanol–water partition coefficient (Wildman–Crippen LogP) is 2.82. The molecular formula is C20H23N7O2. The average Bonchev–Trinajstić information content (AvgIpc) is 3.51. The molecule has 1 fully saturated rings. The smallest absolute Gasteiger partial charge is 0.263 e. The molecule has 1 amide bonds. The second kappa shape index (κ2) is 6.98. The quantitative estimate of drug-likeness (QED) is 0.673. The number of carbonyl (C=O) groups is 1. The molecule has 2 aliphatic rings. The Labute approximate surface area is 168 Å². The van der Waals surface area contributed by atoms with Crippen molar-refractivity contribution in [1.82, 2.24) is 24.5 Å². The van der Waals surface area contributed by atoms with E-state index in [0.29, 0.717) is 23.7 Å². The van der Waals surface area contributed by atoms with Crippen molar-refractivity contribution in [3.63, 3.8) is 0 Å². The number of carbonyl (C=O) groups excluding carboxylic acids is 1. The lowest BCUT2D eigenvalue weighted by Gasteiger charge is -2.43. The molecule has 1 saturated carbocycles. The average molecular weight is 393 g/mol. The normalized spacial score (nSPS) is 19.8. The highest BCUT2D eigenvalue weighted by Crippen LogP contribution is 2.39. The summed E-state index contributed by atoms with van der Waals surface area (Å²) in [6.45, 7) is 2.06. The van der Waals surface area contributed by atoms with Gasteiger partial charge >= 0.3 is 0 Å². The molecule has 3 aromatic heterocycles. The van der Waals surface area contributed by atoms with Crippen molar-refractivity contribution in [3.05, 3.63) is 31.1 Å². The Morgan fingerprint density at radius 1 is 1.17 bits per heavy atom. The molecule has 1 unspecified atom stereocenters. The van der Waals surface area contributed by atoms with Crippen LogP contribution < -0.4 is 9.80 Å². The van der Waals surface area contributed by atoms with Gasteiger partial charge in [-0.3, -0.25) is 9.36 Å². The van der Waals surface area contributed by atoms with Gasteiger partial charge in [0.1, 0.15) is 18.0 Å². The van der Waals surface area contributed by atoms with Crippen LogP contribution in [0.3, 0.4) is 0 Å². The fourth-order valence-corrected chi connectivity index (χ4v) is 4.45. The van der Waals surface area contributed by atoms with E-state index < -0.39 is 0 Å². The summed E-state index contributed by atoms with van der Waals surface area (Å²) in [4.78, 5) is 34.9. The van der Waals surface area contributed by atoms with Crippen molar-refractivity contribution in [1.29, 1.82) is 0 Å². The summed E-state index contributed by atoms with van der Waals surface area (Å²) in [5.41, 5.74) is 0.744. The number of nitrogens with zero attached hydrogens (tertiary/aromatic N) is 7. The maximum absolute atomic E-state index is 13.0. The highest BCUT2D eigenvalue weighted by molar-refractivity contribution is 6.04. The molecule has 0 bridgehead atoms. The van der Waals surface area contributed by atoms with Gasteiger partial charge in [0, 0.05) is 25.5 Å². The van der Waals surface area contributed by atoms with Crippen LogP contribution in [0.1, 0.15) is 39.0 Å². The third kappa shape index (κ3) is 2.80. The SMILES string of the molecule is CCC1C(=O)N(C)c2cnc(-n3ccnc3-c3ncco3)nc2N1C1CCCC1. The van der Waals surface area contributed by atoms with Crippen LogP contribution >= 0.6 is 0 Å². The highest BCUT2D eigenvalue weighted by atomic mass is 16.3. The molecule has 0 aromatic carbocycles. The van der Waals surface area contributed by atoms with Crippen molar-refractivity contribution in [2.24, 2.45) is 0 Å². The Kier molecular flexibility index (Phi) is 4.30. The third-order valence-corrected chi connectivity index (χ3v) is 5.88. The summed E-state index contributed by atoms with van der Waals surface area (Å²) in [6.07, 6.45) is 13.5. The van der Waals surface area contributed by atoms with Crippen LogP contribution in [-0.2, 0) is 4.79 Å². The van der Waals surface area contributed by atoms with Crippen molar-refractivity contribution in [2.75, 3.05) is 16.8 Å². The van der Waals surface area contributed by atoms with Gasteiger partial charge in [-0.1, -0.05) is 19.8 Å². The lowest BCUT2D eigenvalue weighted by Crippen LogP contribution is -2.55. The van der Waals surface area contributed by atoms with Crippen LogP contribution in [0, 0.1) is 0 Å². The zero-order chi connectivity index (χ0) is 20.0. The first-order valence-corrected chi connectivity index (χ1v) is 10.1. The number of aromatic nitrogens is 5. The van der Waals surface area contributed by atoms with Crippen molar-refractivity contribution in [2.45, 2.75) is 51.1 Å². The van der Waals surface area contributed by atoms with Gasteiger partial charge in [-0.2, -0.15) is 4.98 Å². The summed E-state index contributed by atoms with van der Waals surface area (Å²) in [5, 5.41) is 0. The molecule has 0 N–H and O–H groups in total. The summed E-state index contributed by atoms with van der Waals surface area (Å²) in [7, 11) is 1.80. The molecule has 5 rings (SSSR count). The van der Waals surface area contributed by atoms with Crippen LogP contribution in [0.25, 0.3) is 17.7 Å². The Bertz CT molecular complexity index is 1020. The predicted molar refractivity (Wildman–Crippen MR) is 107 cm³/mol. The Hall–Kier alpha value is -3.23. The minimum absolute atomic E-state index is 0.103. The molecule has 29 heavy (non-hydrogen) atoms. The molecule has 0 spiro atoms. The Morgan fingerprint density at radius 2 is 2.00 bits per heavy atom. The van der Waals surface area contributed by atoms with Crippen molar-refractivity contribution < 1.29 is 9.21 Å². The van der Waals surface area contributed by atoms with Gasteiger partial charge in [0.25, 0.3) is 5.89 Å². The molecule has 1 aliphatic heterocycles. The number of amides is 1. The van der Waals surface area contributed by atoms with E-state index in [2.05, 4.69) is 26.8 Å². The largest absolute Gasteiger partial charge is 0.442 e. The van der Waals surface area contributed by atoms with E-state index in [0.717, 1.165) is 30.8 Å². The van der Waals surface area contributed by atoms with E-state index >= 15 is 0 Å². The van der Waals surface area contributed by atoms with E-state index in [1.54, 1.807) is 41.3 Å². The van der Waals surface area contributed by atoms with Gasteiger partial charge in [-0.25, -0.2) is 15.0 Å². The fraction of sp³-hybridized carbons (Fsp3) is 0.450. The van der Waals surface area contributed by atoms with E-state index in [1.807, 2.05) is 0 Å². The molecule has 1 atom stereocenters.